The van der Waals surface area contributed by atoms with Crippen molar-refractivity contribution in [2.75, 3.05) is 33.2 Å². The Hall–Kier alpha value is -0.590. The average Bonchev–Trinajstić information content (AvgIpc) is 2.51. The molecule has 0 aromatic carbocycles. The van der Waals surface area contributed by atoms with Gasteiger partial charge in [0.05, 0.1) is 11.5 Å². The summed E-state index contributed by atoms with van der Waals surface area (Å²) in [7, 11) is 2.23. The van der Waals surface area contributed by atoms with Gasteiger partial charge < -0.3 is 4.90 Å². The van der Waals surface area contributed by atoms with Crippen LogP contribution in [0.15, 0.2) is 0 Å². The summed E-state index contributed by atoms with van der Waals surface area (Å²) in [5, 5.41) is 9.04. The first-order chi connectivity index (χ1) is 8.48. The molecular weight excluding hydrogens is 222 g/mol. The Morgan fingerprint density at radius 1 is 1.33 bits per heavy atom. The third-order valence-corrected chi connectivity index (χ3v) is 4.04. The van der Waals surface area contributed by atoms with Gasteiger partial charge in [0.25, 0.3) is 0 Å². The molecule has 3 nitrogen and oxygen atoms in total. The molecule has 1 atom stereocenters. The molecule has 1 saturated heterocycles. The molecule has 104 valence electrons. The van der Waals surface area contributed by atoms with E-state index in [2.05, 4.69) is 29.8 Å². The molecule has 0 aliphatic carbocycles. The summed E-state index contributed by atoms with van der Waals surface area (Å²) < 4.78 is 0. The lowest BCUT2D eigenvalue weighted by Crippen LogP contribution is -2.40. The minimum absolute atomic E-state index is 0.162. The van der Waals surface area contributed by atoms with Crippen molar-refractivity contribution in [3.8, 4) is 6.07 Å². The summed E-state index contributed by atoms with van der Waals surface area (Å²) in [6.07, 6.45) is 4.65. The zero-order valence-corrected chi connectivity index (χ0v) is 12.6. The van der Waals surface area contributed by atoms with Crippen LogP contribution in [0.2, 0.25) is 0 Å². The maximum atomic E-state index is 9.04. The Morgan fingerprint density at radius 2 is 2.06 bits per heavy atom. The first kappa shape index (κ1) is 15.5. The SMILES string of the molecule is CCC1CN(C)CCCN1CCCC(C)(C)C#N. The van der Waals surface area contributed by atoms with E-state index in [4.69, 9.17) is 5.26 Å². The Balaban J connectivity index is 2.42. The fourth-order valence-electron chi connectivity index (χ4n) is 2.75. The van der Waals surface area contributed by atoms with Gasteiger partial charge in [-0.3, -0.25) is 4.90 Å². The molecule has 3 heteroatoms. The van der Waals surface area contributed by atoms with Gasteiger partial charge in [0.1, 0.15) is 0 Å². The van der Waals surface area contributed by atoms with Crippen LogP contribution in [0.1, 0.15) is 46.5 Å². The van der Waals surface area contributed by atoms with Crippen molar-refractivity contribution in [1.29, 1.82) is 5.26 Å². The van der Waals surface area contributed by atoms with Gasteiger partial charge >= 0.3 is 0 Å². The molecule has 1 rings (SSSR count). The highest BCUT2D eigenvalue weighted by Gasteiger charge is 2.23. The predicted molar refractivity (Wildman–Crippen MR) is 76.4 cm³/mol. The summed E-state index contributed by atoms with van der Waals surface area (Å²) in [5.74, 6) is 0. The molecule has 0 amide bonds. The quantitative estimate of drug-likeness (QED) is 0.752. The molecule has 18 heavy (non-hydrogen) atoms. The van der Waals surface area contributed by atoms with Crippen LogP contribution < -0.4 is 0 Å². The summed E-state index contributed by atoms with van der Waals surface area (Å²) in [4.78, 5) is 5.09. The Kier molecular flexibility index (Phi) is 6.11. The highest BCUT2D eigenvalue weighted by atomic mass is 15.2. The van der Waals surface area contributed by atoms with E-state index in [9.17, 15) is 0 Å². The van der Waals surface area contributed by atoms with E-state index in [0.29, 0.717) is 6.04 Å². The van der Waals surface area contributed by atoms with Crippen LogP contribution in [0, 0.1) is 16.7 Å². The highest BCUT2D eigenvalue weighted by Crippen LogP contribution is 2.22. The second-order valence-electron chi connectivity index (χ2n) is 6.31. The fraction of sp³-hybridized carbons (Fsp3) is 0.933. The standard InChI is InChI=1S/C15H29N3/c1-5-14-12-17(4)9-7-11-18(14)10-6-8-15(2,3)13-16/h14H,5-12H2,1-4H3. The van der Waals surface area contributed by atoms with Crippen LogP contribution >= 0.6 is 0 Å². The molecular formula is C15H29N3. The smallest absolute Gasteiger partial charge is 0.0683 e. The number of hydrogen-bond donors (Lipinski definition) is 0. The van der Waals surface area contributed by atoms with Crippen LogP contribution in [-0.2, 0) is 0 Å². The van der Waals surface area contributed by atoms with E-state index in [1.165, 1.54) is 32.5 Å². The molecule has 0 spiro atoms. The van der Waals surface area contributed by atoms with E-state index in [-0.39, 0.29) is 5.41 Å². The minimum atomic E-state index is -0.162. The molecule has 1 aliphatic rings. The number of rotatable bonds is 5. The molecule has 0 aromatic heterocycles. The minimum Gasteiger partial charge on any atom is -0.305 e. The molecule has 0 bridgehead atoms. The second-order valence-corrected chi connectivity index (χ2v) is 6.31. The molecule has 1 aliphatic heterocycles. The van der Waals surface area contributed by atoms with Gasteiger partial charge in [-0.15, -0.1) is 0 Å². The Bertz CT molecular complexity index is 280. The largest absolute Gasteiger partial charge is 0.305 e. The van der Waals surface area contributed by atoms with Crippen LogP contribution in [0.4, 0.5) is 0 Å². The van der Waals surface area contributed by atoms with Crippen molar-refractivity contribution >= 4 is 0 Å². The van der Waals surface area contributed by atoms with E-state index in [1.807, 2.05) is 13.8 Å². The second kappa shape index (κ2) is 7.11. The summed E-state index contributed by atoms with van der Waals surface area (Å²) >= 11 is 0. The summed E-state index contributed by atoms with van der Waals surface area (Å²) in [5.41, 5.74) is -0.162. The maximum absolute atomic E-state index is 9.04. The Labute approximate surface area is 113 Å². The fourth-order valence-corrected chi connectivity index (χ4v) is 2.75. The number of hydrogen-bond acceptors (Lipinski definition) is 3. The lowest BCUT2D eigenvalue weighted by Gasteiger charge is -2.30. The lowest BCUT2D eigenvalue weighted by molar-refractivity contribution is 0.176. The van der Waals surface area contributed by atoms with Gasteiger partial charge in [-0.05, 0) is 66.2 Å². The molecule has 0 radical (unpaired) electrons. The topological polar surface area (TPSA) is 30.3 Å². The van der Waals surface area contributed by atoms with Crippen LogP contribution in [0.25, 0.3) is 0 Å². The maximum Gasteiger partial charge on any atom is 0.0683 e. The zero-order chi connectivity index (χ0) is 13.6. The molecule has 0 N–H and O–H groups in total. The van der Waals surface area contributed by atoms with Gasteiger partial charge in [0, 0.05) is 12.6 Å². The summed E-state index contributed by atoms with van der Waals surface area (Å²) in [6, 6.07) is 3.09. The van der Waals surface area contributed by atoms with Gasteiger partial charge in [-0.2, -0.15) is 5.26 Å². The van der Waals surface area contributed by atoms with Crippen LogP contribution in [0.5, 0.6) is 0 Å². The monoisotopic (exact) mass is 251 g/mol. The van der Waals surface area contributed by atoms with Crippen molar-refractivity contribution < 1.29 is 0 Å². The molecule has 0 saturated carbocycles. The Morgan fingerprint density at radius 3 is 2.67 bits per heavy atom. The van der Waals surface area contributed by atoms with Crippen molar-refractivity contribution in [1.82, 2.24) is 9.80 Å². The normalized spacial score (nSPS) is 23.6. The third-order valence-electron chi connectivity index (χ3n) is 4.04. The van der Waals surface area contributed by atoms with Crippen molar-refractivity contribution in [3.63, 3.8) is 0 Å². The first-order valence-electron chi connectivity index (χ1n) is 7.32. The molecule has 1 fully saturated rings. The lowest BCUT2D eigenvalue weighted by atomic mass is 9.89. The van der Waals surface area contributed by atoms with Gasteiger partial charge in [-0.1, -0.05) is 6.92 Å². The van der Waals surface area contributed by atoms with Crippen molar-refractivity contribution in [3.05, 3.63) is 0 Å². The van der Waals surface area contributed by atoms with Crippen molar-refractivity contribution in [2.24, 2.45) is 5.41 Å². The highest BCUT2D eigenvalue weighted by molar-refractivity contribution is 4.91. The van der Waals surface area contributed by atoms with Gasteiger partial charge in [-0.25, -0.2) is 0 Å². The summed E-state index contributed by atoms with van der Waals surface area (Å²) in [6.45, 7) is 11.2. The van der Waals surface area contributed by atoms with E-state index < -0.39 is 0 Å². The molecule has 1 heterocycles. The number of nitriles is 1. The predicted octanol–water partition coefficient (Wildman–Crippen LogP) is 2.73. The third kappa shape index (κ3) is 4.96. The van der Waals surface area contributed by atoms with Crippen LogP contribution in [0.3, 0.4) is 0 Å². The van der Waals surface area contributed by atoms with Crippen molar-refractivity contribution in [2.45, 2.75) is 52.5 Å². The molecule has 0 aromatic rings. The molecule has 1 unspecified atom stereocenters. The average molecular weight is 251 g/mol. The first-order valence-corrected chi connectivity index (χ1v) is 7.32. The van der Waals surface area contributed by atoms with E-state index in [1.54, 1.807) is 0 Å². The zero-order valence-electron chi connectivity index (χ0n) is 12.6. The van der Waals surface area contributed by atoms with Gasteiger partial charge in [0.2, 0.25) is 0 Å². The van der Waals surface area contributed by atoms with E-state index in [0.717, 1.165) is 19.4 Å². The van der Waals surface area contributed by atoms with Gasteiger partial charge in [0.15, 0.2) is 0 Å². The number of likely N-dealkylation sites (N-methyl/N-ethyl adjacent to an activating group) is 1. The van der Waals surface area contributed by atoms with E-state index >= 15 is 0 Å². The van der Waals surface area contributed by atoms with Crippen LogP contribution in [-0.4, -0.2) is 49.1 Å². The number of nitrogens with zero attached hydrogens (tertiary/aromatic N) is 3.